The molecule has 0 saturated carbocycles. The highest BCUT2D eigenvalue weighted by atomic mass is 16.2. The van der Waals surface area contributed by atoms with Gasteiger partial charge >= 0.3 is 0 Å². The van der Waals surface area contributed by atoms with Crippen molar-refractivity contribution in [2.45, 2.75) is 33.1 Å². The number of pyridine rings is 1. The van der Waals surface area contributed by atoms with Gasteiger partial charge in [0.15, 0.2) is 0 Å². The van der Waals surface area contributed by atoms with Crippen LogP contribution in [0.25, 0.3) is 0 Å². The van der Waals surface area contributed by atoms with Crippen LogP contribution in [0.2, 0.25) is 0 Å². The molecule has 0 bridgehead atoms. The lowest BCUT2D eigenvalue weighted by Gasteiger charge is -2.07. The van der Waals surface area contributed by atoms with E-state index in [-0.39, 0.29) is 12.5 Å². The maximum atomic E-state index is 12.1. The summed E-state index contributed by atoms with van der Waals surface area (Å²) in [6.07, 6.45) is 6.38. The standard InChI is InChI=1S/C16H22N2O2/c1-13(2)6-3-4-9-18-16(20)15-8-10-17-12-14(15)7-5-11-19/h8,10,12-13,19H,3-4,6,9,11H2,1-2H3,(H,18,20). The van der Waals surface area contributed by atoms with E-state index in [4.69, 9.17) is 5.11 Å². The smallest absolute Gasteiger partial charge is 0.252 e. The lowest BCUT2D eigenvalue weighted by Crippen LogP contribution is -2.25. The molecule has 4 nitrogen and oxygen atoms in total. The Balaban J connectivity index is 2.51. The number of amides is 1. The second kappa shape index (κ2) is 9.11. The third-order valence-corrected chi connectivity index (χ3v) is 2.86. The van der Waals surface area contributed by atoms with Crippen LogP contribution in [0, 0.1) is 17.8 Å². The molecule has 0 atom stereocenters. The molecule has 2 N–H and O–H groups in total. The van der Waals surface area contributed by atoms with Gasteiger partial charge in [0.05, 0.1) is 11.1 Å². The molecular weight excluding hydrogens is 252 g/mol. The predicted octanol–water partition coefficient (Wildman–Crippen LogP) is 1.98. The Morgan fingerprint density at radius 2 is 2.25 bits per heavy atom. The van der Waals surface area contributed by atoms with Crippen LogP contribution in [-0.4, -0.2) is 29.1 Å². The van der Waals surface area contributed by atoms with Gasteiger partial charge in [-0.3, -0.25) is 9.78 Å². The zero-order valence-corrected chi connectivity index (χ0v) is 12.1. The van der Waals surface area contributed by atoms with E-state index in [0.29, 0.717) is 23.6 Å². The van der Waals surface area contributed by atoms with Crippen LogP contribution in [-0.2, 0) is 0 Å². The summed E-state index contributed by atoms with van der Waals surface area (Å²) in [7, 11) is 0. The summed E-state index contributed by atoms with van der Waals surface area (Å²) in [5, 5.41) is 11.6. The van der Waals surface area contributed by atoms with E-state index < -0.39 is 0 Å². The number of carbonyl (C=O) groups excluding carboxylic acids is 1. The van der Waals surface area contributed by atoms with Crippen molar-refractivity contribution < 1.29 is 9.90 Å². The second-order valence-electron chi connectivity index (χ2n) is 5.03. The number of nitrogens with zero attached hydrogens (tertiary/aromatic N) is 1. The highest BCUT2D eigenvalue weighted by molar-refractivity contribution is 5.96. The molecule has 4 heteroatoms. The molecule has 0 saturated heterocycles. The van der Waals surface area contributed by atoms with E-state index in [1.54, 1.807) is 12.3 Å². The Bertz CT molecular complexity index is 487. The van der Waals surface area contributed by atoms with Crippen molar-refractivity contribution in [3.8, 4) is 11.8 Å². The molecular formula is C16H22N2O2. The van der Waals surface area contributed by atoms with Gasteiger partial charge < -0.3 is 10.4 Å². The van der Waals surface area contributed by atoms with Crippen LogP contribution in [0.5, 0.6) is 0 Å². The first-order chi connectivity index (χ1) is 9.65. The Kier molecular flexibility index (Phi) is 7.38. The van der Waals surface area contributed by atoms with Crippen molar-refractivity contribution in [1.29, 1.82) is 0 Å². The SMILES string of the molecule is CC(C)CCCCNC(=O)c1ccncc1C#CCO. The van der Waals surface area contributed by atoms with Crippen LogP contribution in [0.15, 0.2) is 18.5 Å². The van der Waals surface area contributed by atoms with Crippen LogP contribution in [0.3, 0.4) is 0 Å². The fourth-order valence-corrected chi connectivity index (χ4v) is 1.80. The molecule has 108 valence electrons. The molecule has 1 rings (SSSR count). The zero-order valence-electron chi connectivity index (χ0n) is 12.1. The van der Waals surface area contributed by atoms with Gasteiger partial charge in [0.25, 0.3) is 5.91 Å². The van der Waals surface area contributed by atoms with Gasteiger partial charge in [-0.1, -0.05) is 38.5 Å². The first-order valence-corrected chi connectivity index (χ1v) is 6.97. The van der Waals surface area contributed by atoms with E-state index in [0.717, 1.165) is 12.8 Å². The van der Waals surface area contributed by atoms with Crippen molar-refractivity contribution in [2.75, 3.05) is 13.2 Å². The topological polar surface area (TPSA) is 62.2 Å². The molecule has 1 aromatic rings. The minimum Gasteiger partial charge on any atom is -0.384 e. The number of rotatable bonds is 6. The number of hydrogen-bond donors (Lipinski definition) is 2. The van der Waals surface area contributed by atoms with E-state index in [1.807, 2.05) is 0 Å². The fourth-order valence-electron chi connectivity index (χ4n) is 1.80. The molecule has 20 heavy (non-hydrogen) atoms. The van der Waals surface area contributed by atoms with Crippen molar-refractivity contribution in [3.05, 3.63) is 29.6 Å². The summed E-state index contributed by atoms with van der Waals surface area (Å²) in [5.41, 5.74) is 1.05. The highest BCUT2D eigenvalue weighted by Gasteiger charge is 2.09. The number of aliphatic hydroxyl groups excluding tert-OH is 1. The van der Waals surface area contributed by atoms with Gasteiger partial charge in [-0.05, 0) is 18.4 Å². The average Bonchev–Trinajstić information content (AvgIpc) is 2.44. The maximum absolute atomic E-state index is 12.1. The lowest BCUT2D eigenvalue weighted by atomic mass is 10.1. The van der Waals surface area contributed by atoms with E-state index in [2.05, 4.69) is 36.0 Å². The summed E-state index contributed by atoms with van der Waals surface area (Å²) >= 11 is 0. The van der Waals surface area contributed by atoms with Crippen molar-refractivity contribution in [3.63, 3.8) is 0 Å². The normalized spacial score (nSPS) is 10.0. The van der Waals surface area contributed by atoms with Crippen molar-refractivity contribution in [2.24, 2.45) is 5.92 Å². The van der Waals surface area contributed by atoms with Gasteiger partial charge in [-0.2, -0.15) is 0 Å². The largest absolute Gasteiger partial charge is 0.384 e. The quantitative estimate of drug-likeness (QED) is 0.616. The summed E-state index contributed by atoms with van der Waals surface area (Å²) < 4.78 is 0. The van der Waals surface area contributed by atoms with Crippen LogP contribution in [0.4, 0.5) is 0 Å². The minimum atomic E-state index is -0.231. The van der Waals surface area contributed by atoms with E-state index in [1.165, 1.54) is 12.6 Å². The third-order valence-electron chi connectivity index (χ3n) is 2.86. The number of nitrogens with one attached hydrogen (secondary N) is 1. The number of unbranched alkanes of at least 4 members (excludes halogenated alkanes) is 1. The first kappa shape index (κ1) is 16.2. The third kappa shape index (κ3) is 5.85. The van der Waals surface area contributed by atoms with E-state index >= 15 is 0 Å². The molecule has 1 heterocycles. The Morgan fingerprint density at radius 1 is 1.45 bits per heavy atom. The Morgan fingerprint density at radius 3 is 2.95 bits per heavy atom. The van der Waals surface area contributed by atoms with Crippen LogP contribution < -0.4 is 5.32 Å². The molecule has 0 fully saturated rings. The number of hydrogen-bond acceptors (Lipinski definition) is 3. The van der Waals surface area contributed by atoms with Gasteiger partial charge in [0, 0.05) is 18.9 Å². The van der Waals surface area contributed by atoms with Crippen molar-refractivity contribution >= 4 is 5.91 Å². The minimum absolute atomic E-state index is 0.140. The summed E-state index contributed by atoms with van der Waals surface area (Å²) in [6.45, 7) is 4.83. The van der Waals surface area contributed by atoms with Gasteiger partial charge in [-0.15, -0.1) is 0 Å². The summed E-state index contributed by atoms with van der Waals surface area (Å²) in [5.74, 6) is 5.83. The monoisotopic (exact) mass is 274 g/mol. The number of aliphatic hydroxyl groups is 1. The fraction of sp³-hybridized carbons (Fsp3) is 0.500. The summed E-state index contributed by atoms with van der Waals surface area (Å²) in [4.78, 5) is 16.0. The number of aromatic nitrogens is 1. The molecule has 0 aliphatic rings. The highest BCUT2D eigenvalue weighted by Crippen LogP contribution is 2.07. The van der Waals surface area contributed by atoms with Gasteiger partial charge in [0.2, 0.25) is 0 Å². The molecule has 1 aromatic heterocycles. The van der Waals surface area contributed by atoms with Crippen LogP contribution >= 0.6 is 0 Å². The van der Waals surface area contributed by atoms with Gasteiger partial charge in [0.1, 0.15) is 6.61 Å². The molecule has 0 radical (unpaired) electrons. The van der Waals surface area contributed by atoms with Crippen LogP contribution in [0.1, 0.15) is 49.0 Å². The lowest BCUT2D eigenvalue weighted by molar-refractivity contribution is 0.0952. The zero-order chi connectivity index (χ0) is 14.8. The predicted molar refractivity (Wildman–Crippen MR) is 79.2 cm³/mol. The average molecular weight is 274 g/mol. The molecule has 0 aliphatic heterocycles. The summed E-state index contributed by atoms with van der Waals surface area (Å²) in [6, 6.07) is 1.64. The maximum Gasteiger partial charge on any atom is 0.252 e. The molecule has 1 amide bonds. The molecule has 0 aromatic carbocycles. The van der Waals surface area contributed by atoms with E-state index in [9.17, 15) is 4.79 Å². The van der Waals surface area contributed by atoms with Gasteiger partial charge in [-0.25, -0.2) is 0 Å². The first-order valence-electron chi connectivity index (χ1n) is 6.97. The molecule has 0 aliphatic carbocycles. The molecule has 0 spiro atoms. The Hall–Kier alpha value is -1.86. The second-order valence-corrected chi connectivity index (χ2v) is 5.03. The Labute approximate surface area is 120 Å². The number of carbonyl (C=O) groups is 1. The molecule has 0 unspecified atom stereocenters. The van der Waals surface area contributed by atoms with Crippen molar-refractivity contribution in [1.82, 2.24) is 10.3 Å².